The first-order chi connectivity index (χ1) is 39.2. The Balaban J connectivity index is 0.616. The Morgan fingerprint density at radius 3 is 1.24 bits per heavy atom. The van der Waals surface area contributed by atoms with Crippen LogP contribution >= 0.6 is 0 Å². The van der Waals surface area contributed by atoms with Gasteiger partial charge in [-0.2, -0.15) is 0 Å². The van der Waals surface area contributed by atoms with E-state index in [1.54, 1.807) is 0 Å². The summed E-state index contributed by atoms with van der Waals surface area (Å²) in [5.74, 6) is 8.61. The lowest BCUT2D eigenvalue weighted by Gasteiger charge is -2.58. The Bertz CT molecular complexity index is 2450. The molecule has 6 saturated carbocycles. The molecule has 0 heterocycles. The molecule has 6 fully saturated rings. The lowest BCUT2D eigenvalue weighted by atomic mass is 9.47. The molecule has 2 aromatic rings. The topological polar surface area (TPSA) is 111 Å². The zero-order valence-corrected chi connectivity index (χ0v) is 52.7. The second-order valence-corrected chi connectivity index (χ2v) is 30.5. The van der Waals surface area contributed by atoms with Crippen LogP contribution in [0.25, 0.3) is 11.1 Å². The molecule has 450 valence electrons. The highest BCUT2D eigenvalue weighted by molar-refractivity contribution is 5.94. The van der Waals surface area contributed by atoms with E-state index < -0.39 is 0 Å². The third-order valence-electron chi connectivity index (χ3n) is 24.9. The number of fused-ring (bicyclic) bond motifs is 10. The zero-order chi connectivity index (χ0) is 58.1. The predicted octanol–water partition coefficient (Wildman–Crippen LogP) is 18.7. The van der Waals surface area contributed by atoms with Gasteiger partial charge in [0.1, 0.15) is 12.2 Å². The number of ether oxygens (including phenoxy) is 2. The van der Waals surface area contributed by atoms with E-state index in [0.717, 1.165) is 121 Å². The summed E-state index contributed by atoms with van der Waals surface area (Å²) in [7, 11) is 0. The highest BCUT2D eigenvalue weighted by Crippen LogP contribution is 2.69. The van der Waals surface area contributed by atoms with E-state index in [-0.39, 0.29) is 72.5 Å². The van der Waals surface area contributed by atoms with Crippen molar-refractivity contribution in [2.75, 3.05) is 10.6 Å². The summed E-state index contributed by atoms with van der Waals surface area (Å²) in [6, 6.07) is 15.3. The fourth-order valence-electron chi connectivity index (χ4n) is 20.4. The average molecular weight is 1120 g/mol. The van der Waals surface area contributed by atoms with Crippen LogP contribution in [-0.4, -0.2) is 36.0 Å². The van der Waals surface area contributed by atoms with Crippen LogP contribution in [0.2, 0.25) is 0 Å². The highest BCUT2D eigenvalue weighted by Gasteiger charge is 2.61. The normalized spacial score (nSPS) is 35.3. The Morgan fingerprint density at radius 2 is 0.866 bits per heavy atom. The van der Waals surface area contributed by atoms with E-state index >= 15 is 0 Å². The number of esters is 2. The molecule has 0 radical (unpaired) electrons. The number of hydrogen-bond acceptors (Lipinski definition) is 6. The van der Waals surface area contributed by atoms with Crippen LogP contribution in [0.5, 0.6) is 0 Å². The van der Waals surface area contributed by atoms with Crippen LogP contribution in [0.15, 0.2) is 71.8 Å². The third kappa shape index (κ3) is 12.8. The Hall–Kier alpha value is -4.20. The van der Waals surface area contributed by atoms with Crippen molar-refractivity contribution in [1.29, 1.82) is 0 Å². The number of carbonyl (C=O) groups excluding carboxylic acids is 4. The number of anilines is 2. The van der Waals surface area contributed by atoms with Crippen molar-refractivity contribution in [2.24, 2.45) is 92.7 Å². The molecular weight excluding hydrogens is 1010 g/mol. The molecule has 8 aliphatic rings. The van der Waals surface area contributed by atoms with Gasteiger partial charge in [0.05, 0.1) is 12.8 Å². The van der Waals surface area contributed by atoms with Gasteiger partial charge in [0.25, 0.3) is 0 Å². The minimum absolute atomic E-state index is 0.0595. The number of benzene rings is 2. The first-order valence-electron chi connectivity index (χ1n) is 33.7. The van der Waals surface area contributed by atoms with E-state index in [0.29, 0.717) is 22.2 Å². The first-order valence-corrected chi connectivity index (χ1v) is 33.7. The maximum atomic E-state index is 13.2. The fourth-order valence-corrected chi connectivity index (χ4v) is 20.4. The maximum absolute atomic E-state index is 13.2. The number of nitrogens with one attached hydrogen (secondary N) is 2. The number of rotatable bonds is 21. The molecule has 0 bridgehead atoms. The quantitative estimate of drug-likeness (QED) is 0.0952. The molecule has 2 N–H and O–H groups in total. The van der Waals surface area contributed by atoms with E-state index in [1.807, 2.05) is 48.5 Å². The van der Waals surface area contributed by atoms with Crippen molar-refractivity contribution in [3.05, 3.63) is 71.8 Å². The van der Waals surface area contributed by atoms with Gasteiger partial charge in [0.2, 0.25) is 11.8 Å². The van der Waals surface area contributed by atoms with Crippen LogP contribution in [0.4, 0.5) is 11.4 Å². The van der Waals surface area contributed by atoms with Gasteiger partial charge in [-0.3, -0.25) is 19.2 Å². The zero-order valence-electron chi connectivity index (χ0n) is 52.7. The molecule has 10 rings (SSSR count). The second-order valence-electron chi connectivity index (χ2n) is 30.5. The van der Waals surface area contributed by atoms with E-state index in [1.165, 1.54) is 114 Å². The molecule has 8 heteroatoms. The van der Waals surface area contributed by atoms with Gasteiger partial charge in [-0.15, -0.1) is 0 Å². The number of amides is 2. The van der Waals surface area contributed by atoms with Crippen LogP contribution in [0.3, 0.4) is 0 Å². The van der Waals surface area contributed by atoms with Gasteiger partial charge in [-0.05, 0) is 218 Å². The molecule has 0 saturated heterocycles. The average Bonchev–Trinajstić information content (AvgIpc) is 4.16. The molecule has 0 aromatic heterocycles. The largest absolute Gasteiger partial charge is 0.462 e. The number of carbonyl (C=O) groups is 4. The van der Waals surface area contributed by atoms with Gasteiger partial charge >= 0.3 is 11.9 Å². The molecule has 2 amide bonds. The van der Waals surface area contributed by atoms with E-state index in [2.05, 4.69) is 92.0 Å². The van der Waals surface area contributed by atoms with Crippen molar-refractivity contribution in [1.82, 2.24) is 0 Å². The van der Waals surface area contributed by atoms with Crippen molar-refractivity contribution in [2.45, 2.75) is 248 Å². The van der Waals surface area contributed by atoms with Crippen molar-refractivity contribution >= 4 is 35.1 Å². The van der Waals surface area contributed by atoms with Gasteiger partial charge in [0, 0.05) is 37.1 Å². The maximum Gasteiger partial charge on any atom is 0.306 e. The van der Waals surface area contributed by atoms with Crippen molar-refractivity contribution in [3.8, 4) is 11.1 Å². The van der Waals surface area contributed by atoms with Gasteiger partial charge in [-0.25, -0.2) is 0 Å². The van der Waals surface area contributed by atoms with Crippen molar-refractivity contribution < 1.29 is 28.7 Å². The van der Waals surface area contributed by atoms with Gasteiger partial charge in [0.15, 0.2) is 0 Å². The number of allylic oxidation sites excluding steroid dienone is 2. The Kier molecular flexibility index (Phi) is 18.9. The predicted molar refractivity (Wildman–Crippen MR) is 333 cm³/mol. The molecule has 2 unspecified atom stereocenters. The van der Waals surface area contributed by atoms with Crippen LogP contribution in [0, 0.1) is 92.7 Å². The first kappa shape index (κ1) is 60.9. The van der Waals surface area contributed by atoms with E-state index in [9.17, 15) is 19.2 Å². The Morgan fingerprint density at radius 1 is 0.476 bits per heavy atom. The van der Waals surface area contributed by atoms with Crippen LogP contribution in [-0.2, 0) is 28.7 Å². The van der Waals surface area contributed by atoms with E-state index in [4.69, 9.17) is 9.47 Å². The summed E-state index contributed by atoms with van der Waals surface area (Å²) < 4.78 is 12.2. The smallest absolute Gasteiger partial charge is 0.306 e. The third-order valence-corrected chi connectivity index (χ3v) is 24.9. The summed E-state index contributed by atoms with van der Waals surface area (Å²) >= 11 is 0. The second kappa shape index (κ2) is 25.4. The molecule has 2 aromatic carbocycles. The van der Waals surface area contributed by atoms with Crippen LogP contribution in [0.1, 0.15) is 236 Å². The fraction of sp³-hybridized carbons (Fsp3) is 0.730. The van der Waals surface area contributed by atoms with Gasteiger partial charge in [-0.1, -0.05) is 155 Å². The summed E-state index contributed by atoms with van der Waals surface area (Å²) in [6.07, 6.45) is 32.3. The molecule has 8 aliphatic carbocycles. The summed E-state index contributed by atoms with van der Waals surface area (Å²) in [6.45, 7) is 24.9. The standard InChI is InChI=1S/C74H108N2O6/c1-47(2)13-11-15-49(5)61-29-31-63-59-27-21-53-45-57(37-41-71(53,7)65(59)39-43-73(61,63)9)81-69(79)35-33-67(77)75-55-23-17-51(18-24-55)52-19-25-56(26-20-52)76-68(78)34-36-70(80)82-58-38-42-72(8)54(46-58)22-28-60-64-32-30-62(50(6)16-12-14-48(3)4)74(64,10)44-40-66(60)72/h17-26,47-50,57-66H,11-16,27-46H2,1-10H3,(H,75,77)(H,76,78)/t49-,50-,57?,58?,59+,60+,61-,62-,63+,64+,65+,66+,71+,72+,73-,74-/m1/s1. The molecule has 0 spiro atoms. The molecule has 82 heavy (non-hydrogen) atoms. The molecular formula is C74H108N2O6. The highest BCUT2D eigenvalue weighted by atomic mass is 16.5. The monoisotopic (exact) mass is 1120 g/mol. The number of hydrogen-bond donors (Lipinski definition) is 2. The molecule has 16 atom stereocenters. The lowest BCUT2D eigenvalue weighted by Crippen LogP contribution is -2.51. The molecule has 0 aliphatic heterocycles. The minimum Gasteiger partial charge on any atom is -0.462 e. The van der Waals surface area contributed by atoms with Crippen molar-refractivity contribution in [3.63, 3.8) is 0 Å². The van der Waals surface area contributed by atoms with Gasteiger partial charge < -0.3 is 20.1 Å². The molecule has 8 nitrogen and oxygen atoms in total. The summed E-state index contributed by atoms with van der Waals surface area (Å²) in [4.78, 5) is 52.4. The Labute approximate surface area is 496 Å². The SMILES string of the molecule is CC(C)CCC[C@@H](C)[C@H]1CC[C@H]2[C@@H]3CC=C4CC(OC(=O)CCC(=O)Nc5ccc(-c6ccc(NC(=O)CCC(=O)OC7CC[C@@]8(C)C(=CC[C@H]9[C@@H]%10CC[C@H]([C@H](C)CCCC(C)C)[C@@]%10(C)CC[C@@H]98)C7)cc6)cc5)CC[C@]4(C)[C@H]3CC[C@]12C. The summed E-state index contributed by atoms with van der Waals surface area (Å²) in [5, 5.41) is 5.92. The lowest BCUT2D eigenvalue weighted by molar-refractivity contribution is -0.153. The van der Waals surface area contributed by atoms with Crippen LogP contribution < -0.4 is 10.6 Å². The summed E-state index contributed by atoms with van der Waals surface area (Å²) in [5.41, 5.74) is 7.65. The minimum atomic E-state index is -0.291.